The van der Waals surface area contributed by atoms with Gasteiger partial charge in [0.05, 0.1) is 8.07 Å². The molecule has 0 aliphatic rings. The predicted molar refractivity (Wildman–Crippen MR) is 82.3 cm³/mol. The summed E-state index contributed by atoms with van der Waals surface area (Å²) in [5, 5.41) is 1.59. The van der Waals surface area contributed by atoms with Gasteiger partial charge in [-0.1, -0.05) is 50.7 Å². The van der Waals surface area contributed by atoms with Crippen LogP contribution in [0.2, 0.25) is 19.6 Å². The number of hydrogen-bond donors (Lipinski definition) is 0. The number of unbranched alkanes of at least 4 members (excludes halogenated alkanes) is 1. The van der Waals surface area contributed by atoms with E-state index in [1.165, 1.54) is 24.1 Å². The lowest BCUT2D eigenvalue weighted by Crippen LogP contribution is -2.41. The van der Waals surface area contributed by atoms with Crippen LogP contribution in [-0.4, -0.2) is 21.7 Å². The number of anilines is 1. The number of rotatable bonds is 5. The first kappa shape index (κ1) is 14.3. The highest BCUT2D eigenvalue weighted by Crippen LogP contribution is 2.17. The molecule has 0 aliphatic heterocycles. The Bertz CT molecular complexity index is 366. The van der Waals surface area contributed by atoms with E-state index in [-0.39, 0.29) is 0 Å². The predicted octanol–water partition coefficient (Wildman–Crippen LogP) is 3.78. The molecule has 0 amide bonds. The van der Waals surface area contributed by atoms with Gasteiger partial charge in [0, 0.05) is 19.3 Å². The molecule has 0 fully saturated rings. The summed E-state index contributed by atoms with van der Waals surface area (Å²) in [6.07, 6.45) is 2.54. The second-order valence-corrected chi connectivity index (χ2v) is 11.1. The van der Waals surface area contributed by atoms with Crippen molar-refractivity contribution < 1.29 is 0 Å². The van der Waals surface area contributed by atoms with Gasteiger partial charge >= 0.3 is 0 Å². The molecule has 1 aromatic carbocycles. The summed E-state index contributed by atoms with van der Waals surface area (Å²) in [5.41, 5.74) is 2.83. The van der Waals surface area contributed by atoms with Crippen molar-refractivity contribution in [2.45, 2.75) is 46.3 Å². The monoisotopic (exact) mass is 249 g/mol. The molecule has 0 heterocycles. The minimum Gasteiger partial charge on any atom is -0.375 e. The Kier molecular flexibility index (Phi) is 4.81. The standard InChI is InChI=1S/C15H27NSi/c1-7-8-11-16(3)14-10-9-13(2)12-15(14)17(4,5)6/h9-10,12H,7-8,11H2,1-6H3. The van der Waals surface area contributed by atoms with Crippen LogP contribution in [0.1, 0.15) is 25.3 Å². The average Bonchev–Trinajstić information content (AvgIpc) is 2.24. The number of aryl methyl sites for hydroxylation is 1. The van der Waals surface area contributed by atoms with Gasteiger partial charge in [-0.25, -0.2) is 0 Å². The molecule has 1 rings (SSSR count). The summed E-state index contributed by atoms with van der Waals surface area (Å²) >= 11 is 0. The average molecular weight is 249 g/mol. The van der Waals surface area contributed by atoms with Crippen LogP contribution >= 0.6 is 0 Å². The molecule has 0 N–H and O–H groups in total. The van der Waals surface area contributed by atoms with Crippen molar-refractivity contribution in [2.75, 3.05) is 18.5 Å². The third-order valence-corrected chi connectivity index (χ3v) is 5.23. The van der Waals surface area contributed by atoms with Crippen molar-refractivity contribution in [3.63, 3.8) is 0 Å². The lowest BCUT2D eigenvalue weighted by atomic mass is 10.2. The van der Waals surface area contributed by atoms with Gasteiger partial charge in [-0.2, -0.15) is 0 Å². The number of nitrogens with zero attached hydrogens (tertiary/aromatic N) is 1. The molecule has 0 bridgehead atoms. The largest absolute Gasteiger partial charge is 0.375 e. The van der Waals surface area contributed by atoms with Gasteiger partial charge in [-0.3, -0.25) is 0 Å². The van der Waals surface area contributed by atoms with E-state index in [0.717, 1.165) is 6.54 Å². The maximum absolute atomic E-state index is 2.43. The fourth-order valence-corrected chi connectivity index (χ4v) is 3.80. The van der Waals surface area contributed by atoms with Crippen molar-refractivity contribution in [3.05, 3.63) is 23.8 Å². The molecule has 0 saturated heterocycles. The summed E-state index contributed by atoms with van der Waals surface area (Å²) in [5.74, 6) is 0. The van der Waals surface area contributed by atoms with Gasteiger partial charge in [-0.15, -0.1) is 0 Å². The van der Waals surface area contributed by atoms with Gasteiger partial charge in [0.25, 0.3) is 0 Å². The maximum atomic E-state index is 2.43. The van der Waals surface area contributed by atoms with Crippen molar-refractivity contribution in [3.8, 4) is 0 Å². The first-order chi connectivity index (χ1) is 7.86. The van der Waals surface area contributed by atoms with Crippen LogP contribution in [0.3, 0.4) is 0 Å². The second-order valence-electron chi connectivity index (χ2n) is 6.05. The minimum absolute atomic E-state index is 1.16. The second kappa shape index (κ2) is 5.72. The van der Waals surface area contributed by atoms with E-state index in [0.29, 0.717) is 0 Å². The molecule has 0 aliphatic carbocycles. The molecular formula is C15H27NSi. The van der Waals surface area contributed by atoms with Crippen molar-refractivity contribution in [1.82, 2.24) is 0 Å². The zero-order chi connectivity index (χ0) is 13.1. The molecule has 0 radical (unpaired) electrons. The van der Waals surface area contributed by atoms with E-state index in [9.17, 15) is 0 Å². The SMILES string of the molecule is CCCCN(C)c1ccc(C)cc1[Si](C)(C)C. The van der Waals surface area contributed by atoms with Crippen LogP contribution in [0.5, 0.6) is 0 Å². The van der Waals surface area contributed by atoms with Crippen molar-refractivity contribution in [2.24, 2.45) is 0 Å². The van der Waals surface area contributed by atoms with E-state index in [2.05, 4.69) is 63.6 Å². The van der Waals surface area contributed by atoms with Crippen LogP contribution in [0.15, 0.2) is 18.2 Å². The molecule has 96 valence electrons. The van der Waals surface area contributed by atoms with Crippen LogP contribution in [0.4, 0.5) is 5.69 Å². The van der Waals surface area contributed by atoms with E-state index in [4.69, 9.17) is 0 Å². The molecule has 1 aromatic rings. The Morgan fingerprint density at radius 3 is 2.35 bits per heavy atom. The third kappa shape index (κ3) is 3.88. The molecule has 0 saturated carbocycles. The third-order valence-electron chi connectivity index (χ3n) is 3.22. The summed E-state index contributed by atoms with van der Waals surface area (Å²) < 4.78 is 0. The Labute approximate surface area is 108 Å². The highest BCUT2D eigenvalue weighted by molar-refractivity contribution is 6.89. The first-order valence-electron chi connectivity index (χ1n) is 6.68. The summed E-state index contributed by atoms with van der Waals surface area (Å²) in [7, 11) is 0.973. The van der Waals surface area contributed by atoms with Gasteiger partial charge in [0.2, 0.25) is 0 Å². The van der Waals surface area contributed by atoms with Gasteiger partial charge < -0.3 is 4.90 Å². The topological polar surface area (TPSA) is 3.24 Å². The van der Waals surface area contributed by atoms with Crippen LogP contribution in [0.25, 0.3) is 0 Å². The Morgan fingerprint density at radius 2 is 1.82 bits per heavy atom. The number of benzene rings is 1. The fraction of sp³-hybridized carbons (Fsp3) is 0.600. The Balaban J connectivity index is 3.06. The Morgan fingerprint density at radius 1 is 1.18 bits per heavy atom. The van der Waals surface area contributed by atoms with Gasteiger partial charge in [0.1, 0.15) is 0 Å². The lowest BCUT2D eigenvalue weighted by molar-refractivity contribution is 0.767. The zero-order valence-corrected chi connectivity index (χ0v) is 13.3. The molecule has 0 unspecified atom stereocenters. The molecule has 0 aromatic heterocycles. The summed E-state index contributed by atoms with van der Waals surface area (Å²) in [4.78, 5) is 2.43. The molecule has 0 atom stereocenters. The zero-order valence-electron chi connectivity index (χ0n) is 12.3. The molecule has 1 nitrogen and oxygen atoms in total. The van der Waals surface area contributed by atoms with E-state index in [1.807, 2.05) is 0 Å². The molecule has 0 spiro atoms. The van der Waals surface area contributed by atoms with E-state index >= 15 is 0 Å². The summed E-state index contributed by atoms with van der Waals surface area (Å²) in [6.45, 7) is 12.9. The molecule has 17 heavy (non-hydrogen) atoms. The van der Waals surface area contributed by atoms with E-state index < -0.39 is 8.07 Å². The first-order valence-corrected chi connectivity index (χ1v) is 10.2. The smallest absolute Gasteiger partial charge is 0.0803 e. The van der Waals surface area contributed by atoms with Crippen LogP contribution < -0.4 is 10.1 Å². The lowest BCUT2D eigenvalue weighted by Gasteiger charge is -2.28. The summed E-state index contributed by atoms with van der Waals surface area (Å²) in [6, 6.07) is 6.93. The maximum Gasteiger partial charge on any atom is 0.0803 e. The van der Waals surface area contributed by atoms with Crippen molar-refractivity contribution >= 4 is 18.9 Å². The van der Waals surface area contributed by atoms with Gasteiger partial charge in [-0.05, 0) is 24.6 Å². The highest BCUT2D eigenvalue weighted by Gasteiger charge is 2.21. The van der Waals surface area contributed by atoms with Crippen molar-refractivity contribution in [1.29, 1.82) is 0 Å². The quantitative estimate of drug-likeness (QED) is 0.718. The van der Waals surface area contributed by atoms with Crippen LogP contribution in [-0.2, 0) is 0 Å². The fourth-order valence-electron chi connectivity index (χ4n) is 2.10. The minimum atomic E-state index is -1.25. The van der Waals surface area contributed by atoms with Crippen LogP contribution in [0, 0.1) is 6.92 Å². The molecular weight excluding hydrogens is 222 g/mol. The van der Waals surface area contributed by atoms with Gasteiger partial charge in [0.15, 0.2) is 0 Å². The molecule has 2 heteroatoms. The normalized spacial score (nSPS) is 11.6. The highest BCUT2D eigenvalue weighted by atomic mass is 28.3. The van der Waals surface area contributed by atoms with E-state index in [1.54, 1.807) is 5.19 Å². The number of hydrogen-bond acceptors (Lipinski definition) is 1. The Hall–Kier alpha value is -0.763.